The zero-order chi connectivity index (χ0) is 15.7. The lowest BCUT2D eigenvalue weighted by Crippen LogP contribution is -2.21. The molecule has 1 aromatic carbocycles. The van der Waals surface area contributed by atoms with Crippen LogP contribution in [-0.2, 0) is 11.8 Å². The fourth-order valence-corrected chi connectivity index (χ4v) is 2.90. The van der Waals surface area contributed by atoms with Gasteiger partial charge in [0.1, 0.15) is 5.75 Å². The predicted octanol–water partition coefficient (Wildman–Crippen LogP) is 5.77. The van der Waals surface area contributed by atoms with Crippen molar-refractivity contribution in [1.82, 2.24) is 0 Å². The molecule has 0 unspecified atom stereocenters. The summed E-state index contributed by atoms with van der Waals surface area (Å²) in [7, 11) is 0. The molecule has 0 aliphatic carbocycles. The molecule has 20 heavy (non-hydrogen) atoms. The molecular formula is C19H32O. The molecule has 114 valence electrons. The van der Waals surface area contributed by atoms with Gasteiger partial charge in [0.25, 0.3) is 0 Å². The van der Waals surface area contributed by atoms with Gasteiger partial charge in [-0.1, -0.05) is 47.6 Å². The second-order valence-corrected chi connectivity index (χ2v) is 7.39. The molecule has 0 fully saturated rings. The van der Waals surface area contributed by atoms with Gasteiger partial charge >= 0.3 is 0 Å². The van der Waals surface area contributed by atoms with Crippen molar-refractivity contribution in [2.75, 3.05) is 0 Å². The molecular weight excluding hydrogens is 244 g/mol. The lowest BCUT2D eigenvalue weighted by Gasteiger charge is -2.31. The van der Waals surface area contributed by atoms with Crippen LogP contribution in [0.4, 0.5) is 0 Å². The van der Waals surface area contributed by atoms with Gasteiger partial charge in [-0.15, -0.1) is 0 Å². The second kappa shape index (κ2) is 6.20. The van der Waals surface area contributed by atoms with E-state index in [-0.39, 0.29) is 11.5 Å². The molecule has 0 aliphatic heterocycles. The Morgan fingerprint density at radius 3 is 2.00 bits per heavy atom. The van der Waals surface area contributed by atoms with E-state index in [1.807, 2.05) is 0 Å². The Labute approximate surface area is 125 Å². The minimum absolute atomic E-state index is 0.102. The largest absolute Gasteiger partial charge is 0.490 e. The Bertz CT molecular complexity index is 462. The summed E-state index contributed by atoms with van der Waals surface area (Å²) in [5.41, 5.74) is 5.70. The molecule has 0 bridgehead atoms. The number of benzene rings is 1. The van der Waals surface area contributed by atoms with Crippen LogP contribution in [0, 0.1) is 6.92 Å². The molecule has 1 aromatic rings. The van der Waals surface area contributed by atoms with Gasteiger partial charge in [-0.2, -0.15) is 0 Å². The first-order valence-corrected chi connectivity index (χ1v) is 7.93. The number of ether oxygens (including phenoxy) is 1. The van der Waals surface area contributed by atoms with E-state index in [0.717, 1.165) is 12.2 Å². The fraction of sp³-hybridized carbons (Fsp3) is 0.684. The lowest BCUT2D eigenvalue weighted by molar-refractivity contribution is 0.233. The molecule has 0 heterocycles. The summed E-state index contributed by atoms with van der Waals surface area (Å²) >= 11 is 0. The predicted molar refractivity (Wildman–Crippen MR) is 89.1 cm³/mol. The van der Waals surface area contributed by atoms with Gasteiger partial charge in [0.2, 0.25) is 0 Å². The topological polar surface area (TPSA) is 9.23 Å². The standard InChI is InChI=1S/C19H32O/c1-10-15-14(6)11-16(12(2)3)18(20-13(4)5)17(15)19(7,8)9/h11-13H,10H2,1-9H3. The Kier molecular flexibility index (Phi) is 5.29. The molecule has 0 N–H and O–H groups in total. The van der Waals surface area contributed by atoms with Gasteiger partial charge in [0.05, 0.1) is 6.10 Å². The molecule has 0 atom stereocenters. The van der Waals surface area contributed by atoms with Crippen molar-refractivity contribution in [2.45, 2.75) is 86.2 Å². The van der Waals surface area contributed by atoms with Gasteiger partial charge < -0.3 is 4.74 Å². The number of hydrogen-bond donors (Lipinski definition) is 0. The number of rotatable bonds is 4. The minimum atomic E-state index is 0.102. The SMILES string of the molecule is CCc1c(C)cc(C(C)C)c(OC(C)C)c1C(C)(C)C. The molecule has 0 aliphatic rings. The third kappa shape index (κ3) is 3.56. The van der Waals surface area contributed by atoms with Crippen molar-refractivity contribution < 1.29 is 4.74 Å². The van der Waals surface area contributed by atoms with E-state index in [1.54, 1.807) is 0 Å². The first-order valence-electron chi connectivity index (χ1n) is 7.93. The maximum atomic E-state index is 6.26. The molecule has 0 aromatic heterocycles. The summed E-state index contributed by atoms with van der Waals surface area (Å²) in [4.78, 5) is 0. The third-order valence-electron chi connectivity index (χ3n) is 3.72. The molecule has 0 radical (unpaired) electrons. The van der Waals surface area contributed by atoms with E-state index in [9.17, 15) is 0 Å². The Morgan fingerprint density at radius 1 is 1.10 bits per heavy atom. The van der Waals surface area contributed by atoms with Gasteiger partial charge in [-0.3, -0.25) is 0 Å². The minimum Gasteiger partial charge on any atom is -0.490 e. The lowest BCUT2D eigenvalue weighted by atomic mass is 9.78. The van der Waals surface area contributed by atoms with Crippen LogP contribution in [-0.4, -0.2) is 6.10 Å². The van der Waals surface area contributed by atoms with Gasteiger partial charge in [0.15, 0.2) is 0 Å². The van der Waals surface area contributed by atoms with Crippen molar-refractivity contribution >= 4 is 0 Å². The highest BCUT2D eigenvalue weighted by Crippen LogP contribution is 2.42. The smallest absolute Gasteiger partial charge is 0.127 e. The fourth-order valence-electron chi connectivity index (χ4n) is 2.90. The molecule has 0 spiro atoms. The summed E-state index contributed by atoms with van der Waals surface area (Å²) in [6, 6.07) is 2.33. The van der Waals surface area contributed by atoms with Crippen molar-refractivity contribution in [3.8, 4) is 5.75 Å². The van der Waals surface area contributed by atoms with Gasteiger partial charge in [-0.05, 0) is 55.2 Å². The molecule has 0 saturated heterocycles. The average molecular weight is 276 g/mol. The second-order valence-electron chi connectivity index (χ2n) is 7.39. The van der Waals surface area contributed by atoms with Crippen LogP contribution in [0.15, 0.2) is 6.07 Å². The molecule has 1 nitrogen and oxygen atoms in total. The van der Waals surface area contributed by atoms with E-state index in [1.165, 1.54) is 22.3 Å². The van der Waals surface area contributed by atoms with Crippen molar-refractivity contribution in [1.29, 1.82) is 0 Å². The van der Waals surface area contributed by atoms with Crippen molar-refractivity contribution in [3.05, 3.63) is 28.3 Å². The van der Waals surface area contributed by atoms with E-state index in [4.69, 9.17) is 4.74 Å². The molecule has 1 heteroatoms. The summed E-state index contributed by atoms with van der Waals surface area (Å²) < 4.78 is 6.26. The summed E-state index contributed by atoms with van der Waals surface area (Å²) in [6.45, 7) is 20.1. The highest BCUT2D eigenvalue weighted by atomic mass is 16.5. The summed E-state index contributed by atoms with van der Waals surface area (Å²) in [5.74, 6) is 1.61. The number of aryl methyl sites for hydroxylation is 1. The quantitative estimate of drug-likeness (QED) is 0.678. The molecule has 0 amide bonds. The number of hydrogen-bond acceptors (Lipinski definition) is 1. The first kappa shape index (κ1) is 17.1. The van der Waals surface area contributed by atoms with Crippen LogP contribution in [0.25, 0.3) is 0 Å². The zero-order valence-electron chi connectivity index (χ0n) is 14.8. The average Bonchev–Trinajstić information content (AvgIpc) is 2.27. The van der Waals surface area contributed by atoms with E-state index >= 15 is 0 Å². The maximum absolute atomic E-state index is 6.26. The Balaban J connectivity index is 3.71. The summed E-state index contributed by atoms with van der Waals surface area (Å²) in [5, 5.41) is 0. The monoisotopic (exact) mass is 276 g/mol. The Morgan fingerprint density at radius 2 is 1.65 bits per heavy atom. The van der Waals surface area contributed by atoms with Crippen LogP contribution in [0.5, 0.6) is 5.75 Å². The van der Waals surface area contributed by atoms with E-state index in [2.05, 4.69) is 68.4 Å². The van der Waals surface area contributed by atoms with Crippen molar-refractivity contribution in [3.63, 3.8) is 0 Å². The van der Waals surface area contributed by atoms with Crippen LogP contribution >= 0.6 is 0 Å². The third-order valence-corrected chi connectivity index (χ3v) is 3.72. The van der Waals surface area contributed by atoms with E-state index in [0.29, 0.717) is 5.92 Å². The normalized spacial score (nSPS) is 12.3. The highest BCUT2D eigenvalue weighted by molar-refractivity contribution is 5.54. The van der Waals surface area contributed by atoms with Crippen LogP contribution in [0.1, 0.15) is 83.6 Å². The van der Waals surface area contributed by atoms with Gasteiger partial charge in [-0.25, -0.2) is 0 Å². The molecule has 1 rings (SSSR count). The highest BCUT2D eigenvalue weighted by Gasteiger charge is 2.27. The first-order chi connectivity index (χ1) is 9.09. The Hall–Kier alpha value is -0.980. The van der Waals surface area contributed by atoms with Gasteiger partial charge in [0, 0.05) is 5.56 Å². The van der Waals surface area contributed by atoms with Crippen LogP contribution in [0.2, 0.25) is 0 Å². The zero-order valence-corrected chi connectivity index (χ0v) is 14.8. The van der Waals surface area contributed by atoms with Crippen molar-refractivity contribution in [2.24, 2.45) is 0 Å². The maximum Gasteiger partial charge on any atom is 0.127 e. The van der Waals surface area contributed by atoms with E-state index < -0.39 is 0 Å². The van der Waals surface area contributed by atoms with Crippen LogP contribution in [0.3, 0.4) is 0 Å². The summed E-state index contributed by atoms with van der Waals surface area (Å²) in [6.07, 6.45) is 1.27. The van der Waals surface area contributed by atoms with Crippen LogP contribution < -0.4 is 4.74 Å². The molecule has 0 saturated carbocycles.